The Morgan fingerprint density at radius 1 is 1.20 bits per heavy atom. The van der Waals surface area contributed by atoms with Gasteiger partial charge in [0.25, 0.3) is 0 Å². The molecule has 0 spiro atoms. The van der Waals surface area contributed by atoms with Gasteiger partial charge in [0.15, 0.2) is 5.69 Å². The quantitative estimate of drug-likeness (QED) is 0.676. The number of hydrogen-bond donors (Lipinski definition) is 0. The van der Waals surface area contributed by atoms with E-state index < -0.39 is 5.97 Å². The SMILES string of the molecule is COC(=O)c1csc(-c2ccc3nc(C)ccc3c2)n1. The van der Waals surface area contributed by atoms with Gasteiger partial charge in [0.05, 0.1) is 12.6 Å². The number of aryl methyl sites for hydroxylation is 1. The van der Waals surface area contributed by atoms with E-state index in [4.69, 9.17) is 0 Å². The molecule has 0 atom stereocenters. The third-order valence-electron chi connectivity index (χ3n) is 2.97. The molecule has 2 heterocycles. The van der Waals surface area contributed by atoms with E-state index in [1.807, 2.05) is 37.3 Å². The molecule has 5 heteroatoms. The van der Waals surface area contributed by atoms with Crippen molar-refractivity contribution in [2.24, 2.45) is 0 Å². The van der Waals surface area contributed by atoms with E-state index in [0.717, 1.165) is 27.2 Å². The number of carbonyl (C=O) groups excluding carboxylic acids is 1. The summed E-state index contributed by atoms with van der Waals surface area (Å²) in [6, 6.07) is 9.98. The number of esters is 1. The molecule has 0 fully saturated rings. The van der Waals surface area contributed by atoms with E-state index >= 15 is 0 Å². The van der Waals surface area contributed by atoms with Crippen molar-refractivity contribution in [1.82, 2.24) is 9.97 Å². The molecule has 3 aromatic rings. The summed E-state index contributed by atoms with van der Waals surface area (Å²) in [6.45, 7) is 1.97. The monoisotopic (exact) mass is 284 g/mol. The fourth-order valence-corrected chi connectivity index (χ4v) is 2.75. The number of rotatable bonds is 2. The van der Waals surface area contributed by atoms with Gasteiger partial charge in [0.2, 0.25) is 0 Å². The molecule has 0 N–H and O–H groups in total. The molecule has 0 amide bonds. The zero-order chi connectivity index (χ0) is 14.1. The van der Waals surface area contributed by atoms with Crippen LogP contribution in [0, 0.1) is 6.92 Å². The number of ether oxygens (including phenoxy) is 1. The van der Waals surface area contributed by atoms with Crippen molar-refractivity contribution < 1.29 is 9.53 Å². The molecule has 0 aliphatic carbocycles. The van der Waals surface area contributed by atoms with Crippen molar-refractivity contribution in [3.63, 3.8) is 0 Å². The van der Waals surface area contributed by atoms with Crippen LogP contribution in [0.2, 0.25) is 0 Å². The Kier molecular flexibility index (Phi) is 3.20. The van der Waals surface area contributed by atoms with Crippen molar-refractivity contribution in [3.05, 3.63) is 47.1 Å². The average molecular weight is 284 g/mol. The van der Waals surface area contributed by atoms with Gasteiger partial charge in [0.1, 0.15) is 5.01 Å². The standard InChI is InChI=1S/C15H12N2O2S/c1-9-3-4-10-7-11(5-6-12(10)16-9)14-17-13(8-20-14)15(18)19-2/h3-8H,1-2H3. The molecule has 4 nitrogen and oxygen atoms in total. The second-order valence-electron chi connectivity index (χ2n) is 4.39. The summed E-state index contributed by atoms with van der Waals surface area (Å²) in [4.78, 5) is 20.2. The smallest absolute Gasteiger partial charge is 0.357 e. The van der Waals surface area contributed by atoms with Gasteiger partial charge in [-0.3, -0.25) is 4.98 Å². The van der Waals surface area contributed by atoms with Crippen LogP contribution in [0.15, 0.2) is 35.7 Å². The molecular formula is C15H12N2O2S. The van der Waals surface area contributed by atoms with E-state index in [0.29, 0.717) is 5.69 Å². The van der Waals surface area contributed by atoms with Crippen LogP contribution in [0.5, 0.6) is 0 Å². The van der Waals surface area contributed by atoms with E-state index in [2.05, 4.69) is 14.7 Å². The largest absolute Gasteiger partial charge is 0.464 e. The Labute approximate surface area is 120 Å². The van der Waals surface area contributed by atoms with Crippen LogP contribution in [0.3, 0.4) is 0 Å². The third kappa shape index (κ3) is 2.28. The van der Waals surface area contributed by atoms with Gasteiger partial charge in [-0.2, -0.15) is 0 Å². The second kappa shape index (κ2) is 5.02. The Morgan fingerprint density at radius 2 is 2.05 bits per heavy atom. The number of fused-ring (bicyclic) bond motifs is 1. The van der Waals surface area contributed by atoms with Crippen LogP contribution in [0.25, 0.3) is 21.5 Å². The zero-order valence-corrected chi connectivity index (χ0v) is 11.9. The van der Waals surface area contributed by atoms with Crippen molar-refractivity contribution in [2.45, 2.75) is 6.92 Å². The van der Waals surface area contributed by atoms with Crippen LogP contribution in [0.4, 0.5) is 0 Å². The van der Waals surface area contributed by atoms with Gasteiger partial charge in [0, 0.05) is 22.0 Å². The first-order valence-electron chi connectivity index (χ1n) is 6.09. The maximum absolute atomic E-state index is 11.4. The van der Waals surface area contributed by atoms with Crippen molar-refractivity contribution >= 4 is 28.2 Å². The first kappa shape index (κ1) is 12.7. The second-order valence-corrected chi connectivity index (χ2v) is 5.25. The summed E-state index contributed by atoms with van der Waals surface area (Å²) >= 11 is 1.43. The van der Waals surface area contributed by atoms with Crippen molar-refractivity contribution in [2.75, 3.05) is 7.11 Å². The van der Waals surface area contributed by atoms with Gasteiger partial charge < -0.3 is 4.74 Å². The van der Waals surface area contributed by atoms with Gasteiger partial charge >= 0.3 is 5.97 Å². The molecule has 0 aliphatic rings. The summed E-state index contributed by atoms with van der Waals surface area (Å²) in [5.74, 6) is -0.411. The Morgan fingerprint density at radius 3 is 2.85 bits per heavy atom. The minimum absolute atomic E-state index is 0.342. The van der Waals surface area contributed by atoms with Crippen LogP contribution in [-0.4, -0.2) is 23.0 Å². The molecular weight excluding hydrogens is 272 g/mol. The highest BCUT2D eigenvalue weighted by molar-refractivity contribution is 7.13. The van der Waals surface area contributed by atoms with Crippen molar-refractivity contribution in [1.29, 1.82) is 0 Å². The first-order chi connectivity index (χ1) is 9.67. The molecule has 0 saturated heterocycles. The predicted molar refractivity (Wildman–Crippen MR) is 78.9 cm³/mol. The number of nitrogens with zero attached hydrogens (tertiary/aromatic N) is 2. The highest BCUT2D eigenvalue weighted by atomic mass is 32.1. The predicted octanol–water partition coefficient (Wildman–Crippen LogP) is 3.45. The van der Waals surface area contributed by atoms with E-state index in [9.17, 15) is 4.79 Å². The number of pyridine rings is 1. The number of hydrogen-bond acceptors (Lipinski definition) is 5. The summed E-state index contributed by atoms with van der Waals surface area (Å²) in [5.41, 5.74) is 3.27. The van der Waals surface area contributed by atoms with E-state index in [1.165, 1.54) is 18.4 Å². The lowest BCUT2D eigenvalue weighted by Gasteiger charge is -2.01. The number of benzene rings is 1. The van der Waals surface area contributed by atoms with E-state index in [-0.39, 0.29) is 0 Å². The molecule has 3 rings (SSSR count). The lowest BCUT2D eigenvalue weighted by Crippen LogP contribution is -2.00. The van der Waals surface area contributed by atoms with Crippen LogP contribution in [0.1, 0.15) is 16.2 Å². The van der Waals surface area contributed by atoms with Gasteiger partial charge in [-0.05, 0) is 31.2 Å². The minimum atomic E-state index is -0.411. The molecule has 1 aromatic carbocycles. The topological polar surface area (TPSA) is 52.1 Å². The summed E-state index contributed by atoms with van der Waals surface area (Å²) < 4.78 is 4.66. The molecule has 100 valence electrons. The summed E-state index contributed by atoms with van der Waals surface area (Å²) in [6.07, 6.45) is 0. The lowest BCUT2D eigenvalue weighted by atomic mass is 10.1. The Hall–Kier alpha value is -2.27. The van der Waals surface area contributed by atoms with Crippen LogP contribution < -0.4 is 0 Å². The normalized spacial score (nSPS) is 10.7. The van der Waals surface area contributed by atoms with Gasteiger partial charge in [-0.25, -0.2) is 9.78 Å². The third-order valence-corrected chi connectivity index (χ3v) is 3.87. The molecule has 0 saturated carbocycles. The molecule has 2 aromatic heterocycles. The number of thiazole rings is 1. The summed E-state index contributed by atoms with van der Waals surface area (Å²) in [5, 5.41) is 3.56. The van der Waals surface area contributed by atoms with Gasteiger partial charge in [-0.15, -0.1) is 11.3 Å². The summed E-state index contributed by atoms with van der Waals surface area (Å²) in [7, 11) is 1.35. The average Bonchev–Trinajstić information content (AvgIpc) is 2.95. The first-order valence-corrected chi connectivity index (χ1v) is 6.97. The highest BCUT2D eigenvalue weighted by Gasteiger charge is 2.12. The number of carbonyl (C=O) groups is 1. The molecule has 20 heavy (non-hydrogen) atoms. The Balaban J connectivity index is 2.03. The van der Waals surface area contributed by atoms with Crippen LogP contribution >= 0.6 is 11.3 Å². The highest BCUT2D eigenvalue weighted by Crippen LogP contribution is 2.27. The Bertz CT molecular complexity index is 795. The van der Waals surface area contributed by atoms with E-state index in [1.54, 1.807) is 5.38 Å². The zero-order valence-electron chi connectivity index (χ0n) is 11.1. The fourth-order valence-electron chi connectivity index (χ4n) is 1.97. The van der Waals surface area contributed by atoms with Crippen molar-refractivity contribution in [3.8, 4) is 10.6 Å². The molecule has 0 bridgehead atoms. The lowest BCUT2D eigenvalue weighted by molar-refractivity contribution is 0.0595. The van der Waals surface area contributed by atoms with Gasteiger partial charge in [-0.1, -0.05) is 6.07 Å². The van der Waals surface area contributed by atoms with Crippen LogP contribution in [-0.2, 0) is 4.74 Å². The number of aromatic nitrogens is 2. The molecule has 0 aliphatic heterocycles. The molecule has 0 unspecified atom stereocenters. The fraction of sp³-hybridized carbons (Fsp3) is 0.133. The maximum atomic E-state index is 11.4. The molecule has 0 radical (unpaired) electrons. The number of methoxy groups -OCH3 is 1. The maximum Gasteiger partial charge on any atom is 0.357 e. The minimum Gasteiger partial charge on any atom is -0.464 e.